The topological polar surface area (TPSA) is 18.5 Å². The first-order chi connectivity index (χ1) is 14.8. The third-order valence-electron chi connectivity index (χ3n) is 6.11. The van der Waals surface area contributed by atoms with E-state index in [4.69, 9.17) is 9.47 Å². The summed E-state index contributed by atoms with van der Waals surface area (Å²) in [6.07, 6.45) is 0. The Balaban J connectivity index is 0.00000578. The van der Waals surface area contributed by atoms with Gasteiger partial charge in [0, 0.05) is 22.3 Å². The van der Waals surface area contributed by atoms with Crippen molar-refractivity contribution in [3.05, 3.63) is 46.5 Å². The van der Waals surface area contributed by atoms with E-state index in [1.165, 1.54) is 32.9 Å². The van der Waals surface area contributed by atoms with E-state index >= 15 is 0 Å². The molecular formula is C30H48ClO2P. The number of benzene rings is 2. The summed E-state index contributed by atoms with van der Waals surface area (Å²) >= 11 is 0. The molecule has 0 spiro atoms. The Bertz CT molecular complexity index is 845. The van der Waals surface area contributed by atoms with Gasteiger partial charge in [0.1, 0.15) is 11.5 Å². The quantitative estimate of drug-likeness (QED) is 0.392. The highest BCUT2D eigenvalue weighted by Gasteiger charge is 2.29. The van der Waals surface area contributed by atoms with Gasteiger partial charge in [0.2, 0.25) is 0 Å². The van der Waals surface area contributed by atoms with Crippen molar-refractivity contribution in [2.24, 2.45) is 0 Å². The first-order valence-electron chi connectivity index (χ1n) is 12.0. The molecule has 0 aliphatic carbocycles. The smallest absolute Gasteiger partial charge is 0.126 e. The van der Waals surface area contributed by atoms with E-state index in [0.29, 0.717) is 8.58 Å². The number of methoxy groups -OCH3 is 2. The molecule has 0 atom stereocenters. The Hall–Kier alpha value is -1.24. The Labute approximate surface area is 217 Å². The molecule has 0 bridgehead atoms. The second kappa shape index (κ2) is 10.4. The molecule has 2 aromatic rings. The van der Waals surface area contributed by atoms with E-state index < -0.39 is 0 Å². The average Bonchev–Trinajstić information content (AvgIpc) is 2.63. The monoisotopic (exact) mass is 506 g/mol. The highest BCUT2D eigenvalue weighted by atomic mass is 35.5. The minimum Gasteiger partial charge on any atom is -0.496 e. The fraction of sp³-hybridized carbons (Fsp3) is 0.600. The van der Waals surface area contributed by atoms with Gasteiger partial charge in [0.05, 0.1) is 14.2 Å². The lowest BCUT2D eigenvalue weighted by Gasteiger charge is -2.31. The molecule has 0 N–H and O–H groups in total. The van der Waals surface area contributed by atoms with Crippen LogP contribution in [0.3, 0.4) is 0 Å². The van der Waals surface area contributed by atoms with Crippen molar-refractivity contribution in [1.82, 2.24) is 0 Å². The molecule has 0 unspecified atom stereocenters. The summed E-state index contributed by atoms with van der Waals surface area (Å²) in [6.45, 7) is 27.2. The third kappa shape index (κ3) is 6.92. The predicted molar refractivity (Wildman–Crippen MR) is 156 cm³/mol. The zero-order chi connectivity index (χ0) is 25.6. The van der Waals surface area contributed by atoms with Crippen LogP contribution >= 0.6 is 21.0 Å². The number of hydrogen-bond donors (Lipinski definition) is 0. The predicted octanol–water partition coefficient (Wildman–Crippen LogP) is 7.94. The second-order valence-corrected chi connectivity index (χ2v) is 14.7. The lowest BCUT2D eigenvalue weighted by Crippen LogP contribution is -2.24. The summed E-state index contributed by atoms with van der Waals surface area (Å²) in [6, 6.07) is 9.46. The van der Waals surface area contributed by atoms with Gasteiger partial charge in [0.25, 0.3) is 0 Å². The lowest BCUT2D eigenvalue weighted by atomic mass is 9.79. The zero-order valence-corrected chi connectivity index (χ0v) is 25.9. The third-order valence-corrected chi connectivity index (χ3v) is 7.26. The highest BCUT2D eigenvalue weighted by Crippen LogP contribution is 2.42. The molecular weight excluding hydrogens is 459 g/mol. The molecule has 0 amide bonds. The number of hydrogen-bond acceptors (Lipinski definition) is 2. The van der Waals surface area contributed by atoms with Gasteiger partial charge in [-0.2, -0.15) is 0 Å². The zero-order valence-electron chi connectivity index (χ0n) is 24.0. The lowest BCUT2D eigenvalue weighted by molar-refractivity contribution is 0.381. The van der Waals surface area contributed by atoms with E-state index in [9.17, 15) is 0 Å². The molecule has 0 aliphatic heterocycles. The van der Waals surface area contributed by atoms with Crippen LogP contribution in [0.2, 0.25) is 0 Å². The van der Waals surface area contributed by atoms with Crippen LogP contribution in [0.25, 0.3) is 0 Å². The first-order valence-corrected chi connectivity index (χ1v) is 13.0. The SMILES string of the molecule is COc1c(C(C)(C)C)cc(Pc2cc(C(C)(C)C)c(OC)c(C(C)(C)C)c2)cc1C(C)(C)C.Cl. The summed E-state index contributed by atoms with van der Waals surface area (Å²) in [5.41, 5.74) is 5.11. The number of rotatable bonds is 4. The second-order valence-electron chi connectivity index (χ2n) is 13.3. The van der Waals surface area contributed by atoms with Crippen molar-refractivity contribution in [1.29, 1.82) is 0 Å². The number of ether oxygens (including phenoxy) is 2. The van der Waals surface area contributed by atoms with Crippen molar-refractivity contribution in [2.45, 2.75) is 105 Å². The van der Waals surface area contributed by atoms with Crippen LogP contribution in [0.15, 0.2) is 24.3 Å². The van der Waals surface area contributed by atoms with Crippen LogP contribution in [-0.4, -0.2) is 14.2 Å². The van der Waals surface area contributed by atoms with E-state index in [-0.39, 0.29) is 34.1 Å². The Morgan fingerprint density at radius 1 is 0.471 bits per heavy atom. The normalized spacial score (nSPS) is 12.9. The molecule has 34 heavy (non-hydrogen) atoms. The van der Waals surface area contributed by atoms with Crippen molar-refractivity contribution >= 4 is 31.6 Å². The maximum Gasteiger partial charge on any atom is 0.126 e. The summed E-state index contributed by atoms with van der Waals surface area (Å²) in [7, 11) is 4.17. The molecule has 0 heterocycles. The molecule has 2 aromatic carbocycles. The molecule has 4 heteroatoms. The summed E-state index contributed by atoms with van der Waals surface area (Å²) in [4.78, 5) is 0. The van der Waals surface area contributed by atoms with Crippen molar-refractivity contribution in [3.63, 3.8) is 0 Å². The van der Waals surface area contributed by atoms with Gasteiger partial charge in [-0.3, -0.25) is 0 Å². The minimum absolute atomic E-state index is 0. The molecule has 0 saturated heterocycles. The van der Waals surface area contributed by atoms with E-state index in [0.717, 1.165) is 11.5 Å². The highest BCUT2D eigenvalue weighted by molar-refractivity contribution is 7.55. The average molecular weight is 507 g/mol. The summed E-state index contributed by atoms with van der Waals surface area (Å²) < 4.78 is 12.0. The first kappa shape index (κ1) is 30.8. The van der Waals surface area contributed by atoms with Crippen LogP contribution in [0, 0.1) is 0 Å². The van der Waals surface area contributed by atoms with Gasteiger partial charge in [-0.1, -0.05) is 91.7 Å². The Morgan fingerprint density at radius 2 is 0.676 bits per heavy atom. The van der Waals surface area contributed by atoms with Gasteiger partial charge in [0.15, 0.2) is 0 Å². The molecule has 0 radical (unpaired) electrons. The fourth-order valence-electron chi connectivity index (χ4n) is 4.24. The van der Waals surface area contributed by atoms with Crippen LogP contribution in [0.4, 0.5) is 0 Å². The van der Waals surface area contributed by atoms with Gasteiger partial charge in [-0.25, -0.2) is 0 Å². The summed E-state index contributed by atoms with van der Waals surface area (Å²) in [5.74, 6) is 2.06. The maximum atomic E-state index is 5.98. The van der Waals surface area contributed by atoms with E-state index in [1.807, 2.05) is 0 Å². The van der Waals surface area contributed by atoms with Gasteiger partial charge in [-0.15, -0.1) is 12.4 Å². The van der Waals surface area contributed by atoms with Crippen molar-refractivity contribution < 1.29 is 9.47 Å². The van der Waals surface area contributed by atoms with E-state index in [1.54, 1.807) is 14.2 Å². The molecule has 0 saturated carbocycles. The fourth-order valence-corrected chi connectivity index (χ4v) is 5.44. The molecule has 2 rings (SSSR count). The van der Waals surface area contributed by atoms with Crippen LogP contribution < -0.4 is 20.1 Å². The largest absolute Gasteiger partial charge is 0.496 e. The Kier molecular flexibility index (Phi) is 9.42. The summed E-state index contributed by atoms with van der Waals surface area (Å²) in [5, 5.41) is 2.71. The van der Waals surface area contributed by atoms with Crippen LogP contribution in [0.1, 0.15) is 105 Å². The van der Waals surface area contributed by atoms with Crippen LogP contribution in [0.5, 0.6) is 11.5 Å². The maximum absolute atomic E-state index is 5.98. The standard InChI is InChI=1S/C30H47O2P.ClH/c1-27(2,3)21-15-19(16-22(25(21)31-13)28(4,5)6)33-20-17-23(29(7,8)9)26(32-14)24(18-20)30(10,11)12;/h15-18,33H,1-14H3;1H. The molecule has 0 fully saturated rings. The van der Waals surface area contributed by atoms with E-state index in [2.05, 4.69) is 107 Å². The number of halogens is 1. The van der Waals surface area contributed by atoms with Gasteiger partial charge >= 0.3 is 0 Å². The van der Waals surface area contributed by atoms with Crippen LogP contribution in [-0.2, 0) is 21.7 Å². The minimum atomic E-state index is -0.00111. The molecule has 0 aliphatic rings. The van der Waals surface area contributed by atoms with Crippen molar-refractivity contribution in [2.75, 3.05) is 14.2 Å². The molecule has 192 valence electrons. The Morgan fingerprint density at radius 3 is 0.824 bits per heavy atom. The van der Waals surface area contributed by atoms with Gasteiger partial charge in [-0.05, 0) is 56.5 Å². The molecule has 2 nitrogen and oxygen atoms in total. The van der Waals surface area contributed by atoms with Crippen molar-refractivity contribution in [3.8, 4) is 11.5 Å². The van der Waals surface area contributed by atoms with Gasteiger partial charge < -0.3 is 9.47 Å². The molecule has 0 aromatic heterocycles.